The summed E-state index contributed by atoms with van der Waals surface area (Å²) in [6, 6.07) is 23.3. The summed E-state index contributed by atoms with van der Waals surface area (Å²) >= 11 is 9.57. The first-order valence-corrected chi connectivity index (χ1v) is 10.6. The van der Waals surface area contributed by atoms with Crippen molar-refractivity contribution in [3.8, 4) is 39.5 Å². The summed E-state index contributed by atoms with van der Waals surface area (Å²) in [4.78, 5) is 0. The molecule has 4 nitrogen and oxygen atoms in total. The molecule has 0 radical (unpaired) electrons. The first kappa shape index (κ1) is 19.7. The molecule has 0 bridgehead atoms. The molecule has 0 spiro atoms. The fraction of sp³-hybridized carbons (Fsp3) is 0. The molecule has 0 N–H and O–H groups in total. The van der Waals surface area contributed by atoms with Crippen molar-refractivity contribution < 1.29 is 8.91 Å². The number of benzene rings is 3. The highest BCUT2D eigenvalue weighted by molar-refractivity contribution is 9.10. The van der Waals surface area contributed by atoms with Crippen LogP contribution in [0.1, 0.15) is 0 Å². The normalized spacial score (nSPS) is 11.1. The van der Waals surface area contributed by atoms with Crippen molar-refractivity contribution in [3.63, 3.8) is 0 Å². The smallest absolute Gasteiger partial charge is 0.168 e. The third-order valence-corrected chi connectivity index (χ3v) is 5.73. The molecule has 0 aliphatic heterocycles. The van der Waals surface area contributed by atoms with E-state index in [0.29, 0.717) is 22.2 Å². The summed E-state index contributed by atoms with van der Waals surface area (Å²) in [7, 11) is 0. The second-order valence-corrected chi connectivity index (χ2v) is 8.17. The van der Waals surface area contributed by atoms with Crippen LogP contribution in [-0.4, -0.2) is 14.9 Å². The Morgan fingerprint density at radius 2 is 1.68 bits per heavy atom. The predicted molar refractivity (Wildman–Crippen MR) is 123 cm³/mol. The lowest BCUT2D eigenvalue weighted by Gasteiger charge is -2.00. The lowest BCUT2D eigenvalue weighted by atomic mass is 10.1. The third-order valence-electron chi connectivity index (χ3n) is 4.84. The molecular weight excluding hydrogens is 481 g/mol. The summed E-state index contributed by atoms with van der Waals surface area (Å²) in [5.41, 5.74) is 4.60. The van der Waals surface area contributed by atoms with Crippen LogP contribution in [0.5, 0.6) is 0 Å². The van der Waals surface area contributed by atoms with Crippen LogP contribution >= 0.6 is 27.5 Å². The zero-order valence-electron chi connectivity index (χ0n) is 16.0. The molecule has 0 saturated heterocycles. The molecule has 0 fully saturated rings. The maximum Gasteiger partial charge on any atom is 0.168 e. The first-order chi connectivity index (χ1) is 15.1. The minimum absolute atomic E-state index is 0.302. The Morgan fingerprint density at radius 1 is 0.903 bits per heavy atom. The molecule has 5 rings (SSSR count). The van der Waals surface area contributed by atoms with Gasteiger partial charge in [-0.05, 0) is 70.5 Å². The van der Waals surface area contributed by atoms with Gasteiger partial charge in [-0.15, -0.1) is 0 Å². The van der Waals surface area contributed by atoms with Crippen molar-refractivity contribution in [1.29, 1.82) is 0 Å². The zero-order valence-corrected chi connectivity index (χ0v) is 18.3. The van der Waals surface area contributed by atoms with E-state index in [9.17, 15) is 4.39 Å². The van der Waals surface area contributed by atoms with Gasteiger partial charge in [0, 0.05) is 32.9 Å². The number of halogens is 3. The van der Waals surface area contributed by atoms with E-state index in [-0.39, 0.29) is 5.82 Å². The monoisotopic (exact) mass is 493 g/mol. The van der Waals surface area contributed by atoms with Gasteiger partial charge in [0.2, 0.25) is 0 Å². The number of rotatable bonds is 4. The van der Waals surface area contributed by atoms with Crippen molar-refractivity contribution in [3.05, 3.63) is 100 Å². The standard InChI is InChI=1S/C24H14BrClFN3O/c25-21-12-16(26)8-11-19(21)23-13-22(29-31-23)20-14-30(18-4-2-1-3-5-18)28-24(20)15-6-9-17(27)10-7-15/h1-14H. The Morgan fingerprint density at radius 3 is 2.42 bits per heavy atom. The number of hydrogen-bond acceptors (Lipinski definition) is 3. The fourth-order valence-electron chi connectivity index (χ4n) is 3.31. The van der Waals surface area contributed by atoms with Gasteiger partial charge in [-0.1, -0.05) is 35.0 Å². The molecule has 7 heteroatoms. The number of aromatic nitrogens is 3. The summed E-state index contributed by atoms with van der Waals surface area (Å²) in [5.74, 6) is 0.292. The molecule has 152 valence electrons. The van der Waals surface area contributed by atoms with Crippen LogP contribution in [0.25, 0.3) is 39.5 Å². The second kappa shape index (κ2) is 8.13. The van der Waals surface area contributed by atoms with Gasteiger partial charge in [0.15, 0.2) is 5.76 Å². The largest absolute Gasteiger partial charge is 0.356 e. The van der Waals surface area contributed by atoms with Gasteiger partial charge in [0.25, 0.3) is 0 Å². The summed E-state index contributed by atoms with van der Waals surface area (Å²) in [5, 5.41) is 9.66. The van der Waals surface area contributed by atoms with Crippen LogP contribution in [0.15, 0.2) is 94.1 Å². The molecule has 0 aliphatic rings. The average molecular weight is 495 g/mol. The predicted octanol–water partition coefficient (Wildman–Crippen LogP) is 7.42. The molecular formula is C24H14BrClFN3O. The van der Waals surface area contributed by atoms with Gasteiger partial charge >= 0.3 is 0 Å². The Hall–Kier alpha value is -3.22. The number of nitrogens with zero attached hydrogens (tertiary/aromatic N) is 3. The SMILES string of the molecule is Fc1ccc(-c2nn(-c3ccccc3)cc2-c2cc(-c3ccc(Cl)cc3Br)on2)cc1. The van der Waals surface area contributed by atoms with E-state index in [2.05, 4.69) is 21.1 Å². The van der Waals surface area contributed by atoms with Crippen molar-refractivity contribution in [2.45, 2.75) is 0 Å². The number of hydrogen-bond donors (Lipinski definition) is 0. The maximum atomic E-state index is 13.5. The molecule has 0 saturated carbocycles. The molecule has 3 aromatic carbocycles. The van der Waals surface area contributed by atoms with Gasteiger partial charge < -0.3 is 4.52 Å². The average Bonchev–Trinajstić information content (AvgIpc) is 3.42. The summed E-state index contributed by atoms with van der Waals surface area (Å²) in [6.45, 7) is 0. The molecule has 31 heavy (non-hydrogen) atoms. The molecule has 0 unspecified atom stereocenters. The highest BCUT2D eigenvalue weighted by Crippen LogP contribution is 2.36. The molecule has 0 aliphatic carbocycles. The number of para-hydroxylation sites is 1. The van der Waals surface area contributed by atoms with Gasteiger partial charge in [0.1, 0.15) is 17.2 Å². The van der Waals surface area contributed by atoms with Gasteiger partial charge in [-0.25, -0.2) is 9.07 Å². The molecule has 0 amide bonds. The van der Waals surface area contributed by atoms with Crippen molar-refractivity contribution in [2.24, 2.45) is 0 Å². The van der Waals surface area contributed by atoms with Crippen LogP contribution in [0.3, 0.4) is 0 Å². The Labute approximate surface area is 191 Å². The van der Waals surface area contributed by atoms with Crippen molar-refractivity contribution >= 4 is 27.5 Å². The topological polar surface area (TPSA) is 43.9 Å². The second-order valence-electron chi connectivity index (χ2n) is 6.88. The highest BCUT2D eigenvalue weighted by Gasteiger charge is 2.19. The molecule has 2 aromatic heterocycles. The lowest BCUT2D eigenvalue weighted by Crippen LogP contribution is -1.94. The Kier molecular flexibility index (Phi) is 5.18. The Balaban J connectivity index is 1.63. The van der Waals surface area contributed by atoms with E-state index in [1.165, 1.54) is 12.1 Å². The van der Waals surface area contributed by atoms with Gasteiger partial charge in [-0.3, -0.25) is 0 Å². The van der Waals surface area contributed by atoms with Crippen LogP contribution in [-0.2, 0) is 0 Å². The van der Waals surface area contributed by atoms with Crippen molar-refractivity contribution in [2.75, 3.05) is 0 Å². The van der Waals surface area contributed by atoms with Crippen molar-refractivity contribution in [1.82, 2.24) is 14.9 Å². The van der Waals surface area contributed by atoms with Crippen LogP contribution in [0.4, 0.5) is 4.39 Å². The minimum atomic E-state index is -0.302. The molecule has 0 atom stereocenters. The van der Waals surface area contributed by atoms with E-state index >= 15 is 0 Å². The van der Waals surface area contributed by atoms with Crippen LogP contribution in [0, 0.1) is 5.82 Å². The van der Waals surface area contributed by atoms with Gasteiger partial charge in [0.05, 0.1) is 11.3 Å². The van der Waals surface area contributed by atoms with E-state index < -0.39 is 0 Å². The Bertz CT molecular complexity index is 1360. The van der Waals surface area contributed by atoms with E-state index in [0.717, 1.165) is 26.9 Å². The van der Waals surface area contributed by atoms with E-state index in [4.69, 9.17) is 21.2 Å². The maximum absolute atomic E-state index is 13.5. The third kappa shape index (κ3) is 3.92. The molecule has 2 heterocycles. The van der Waals surface area contributed by atoms with E-state index in [1.807, 2.05) is 48.7 Å². The first-order valence-electron chi connectivity index (χ1n) is 9.42. The lowest BCUT2D eigenvalue weighted by molar-refractivity contribution is 0.435. The van der Waals surface area contributed by atoms with Gasteiger partial charge in [-0.2, -0.15) is 5.10 Å². The minimum Gasteiger partial charge on any atom is -0.356 e. The van der Waals surface area contributed by atoms with E-state index in [1.54, 1.807) is 28.9 Å². The van der Waals surface area contributed by atoms with Crippen LogP contribution in [0.2, 0.25) is 5.02 Å². The molecule has 5 aromatic rings. The van der Waals surface area contributed by atoms with Crippen LogP contribution < -0.4 is 0 Å². The summed E-state index contributed by atoms with van der Waals surface area (Å²) in [6.07, 6.45) is 1.90. The quantitative estimate of drug-likeness (QED) is 0.261. The zero-order chi connectivity index (χ0) is 21.4. The highest BCUT2D eigenvalue weighted by atomic mass is 79.9. The summed E-state index contributed by atoms with van der Waals surface area (Å²) < 4.78 is 21.7. The fourth-order valence-corrected chi connectivity index (χ4v) is 4.19.